The normalized spacial score (nSPS) is 11.2. The Morgan fingerprint density at radius 2 is 1.92 bits per heavy atom. The number of hydrogen-bond acceptors (Lipinski definition) is 5. The highest BCUT2D eigenvalue weighted by Crippen LogP contribution is 2.06. The molecule has 1 atom stereocenters. The van der Waals surface area contributed by atoms with E-state index in [2.05, 4.69) is 10.3 Å². The van der Waals surface area contributed by atoms with Crippen LogP contribution in [-0.4, -0.2) is 62.4 Å². The van der Waals surface area contributed by atoms with Gasteiger partial charge in [0.15, 0.2) is 17.4 Å². The second-order valence-electron chi connectivity index (χ2n) is 5.14. The van der Waals surface area contributed by atoms with E-state index in [1.807, 2.05) is 0 Å². The number of nitrogens with two attached hydrogens (primary N) is 1. The molecule has 1 aromatic heterocycles. The zero-order chi connectivity index (χ0) is 17.5. The number of carboxylic acids is 1. The number of hydrogen-bond donors (Lipinski definition) is 3. The fourth-order valence-electron chi connectivity index (χ4n) is 2.12. The smallest absolute Gasteiger partial charge is 0.326 e. The lowest BCUT2D eigenvalue weighted by Gasteiger charge is -2.12. The minimum absolute atomic E-state index is 0. The van der Waals surface area contributed by atoms with Crippen molar-refractivity contribution >= 4 is 35.1 Å². The van der Waals surface area contributed by atoms with Gasteiger partial charge in [-0.2, -0.15) is 0 Å². The number of nitrogens with zero attached hydrogens (tertiary/aromatic N) is 2. The van der Waals surface area contributed by atoms with Gasteiger partial charge in [0, 0.05) is 31.1 Å². The summed E-state index contributed by atoms with van der Waals surface area (Å²) < 4.78 is 1.28. The monoisotopic (exact) mass is 360 g/mol. The van der Waals surface area contributed by atoms with Crippen molar-refractivity contribution in [2.75, 3.05) is 6.54 Å². The Kier molecular flexibility index (Phi) is 8.01. The van der Waals surface area contributed by atoms with Crippen molar-refractivity contribution in [3.63, 3.8) is 0 Å². The standard InChI is InChI=1S/C16H18N4O4.Al.3H/c17-7-6-14(21)19-13(16(23)24)8-12-9-20(10-18-12)15(22)11-4-2-1-3-5-11;;;;/h1-5,9-10,13H,6-8,17H2,(H,19,21)(H,23,24);;;;. The summed E-state index contributed by atoms with van der Waals surface area (Å²) in [6.45, 7) is 0.137. The highest BCUT2D eigenvalue weighted by Gasteiger charge is 2.21. The van der Waals surface area contributed by atoms with Gasteiger partial charge in [-0.15, -0.1) is 0 Å². The van der Waals surface area contributed by atoms with Gasteiger partial charge in [0.2, 0.25) is 5.91 Å². The zero-order valence-electron chi connectivity index (χ0n) is 12.9. The summed E-state index contributed by atoms with van der Waals surface area (Å²) in [5.74, 6) is -1.89. The predicted molar refractivity (Wildman–Crippen MR) is 95.3 cm³/mol. The van der Waals surface area contributed by atoms with Crippen molar-refractivity contribution in [1.82, 2.24) is 14.9 Å². The highest BCUT2D eigenvalue weighted by molar-refractivity contribution is 5.95. The van der Waals surface area contributed by atoms with Gasteiger partial charge in [0.1, 0.15) is 12.4 Å². The van der Waals surface area contributed by atoms with Crippen molar-refractivity contribution in [3.05, 3.63) is 54.1 Å². The van der Waals surface area contributed by atoms with Crippen LogP contribution in [-0.2, 0) is 16.0 Å². The third-order valence-corrected chi connectivity index (χ3v) is 3.31. The third-order valence-electron chi connectivity index (χ3n) is 3.31. The summed E-state index contributed by atoms with van der Waals surface area (Å²) in [5, 5.41) is 11.6. The average molecular weight is 360 g/mol. The van der Waals surface area contributed by atoms with E-state index in [1.165, 1.54) is 17.1 Å². The molecule has 1 unspecified atom stereocenters. The lowest BCUT2D eigenvalue weighted by atomic mass is 10.1. The lowest BCUT2D eigenvalue weighted by Crippen LogP contribution is -2.42. The van der Waals surface area contributed by atoms with E-state index in [1.54, 1.807) is 30.3 Å². The molecule has 132 valence electrons. The van der Waals surface area contributed by atoms with Crippen molar-refractivity contribution in [2.24, 2.45) is 5.73 Å². The summed E-state index contributed by atoms with van der Waals surface area (Å²) in [5.41, 5.74) is 6.15. The molecule has 0 spiro atoms. The number of nitrogens with one attached hydrogen (secondary N) is 1. The summed E-state index contributed by atoms with van der Waals surface area (Å²) in [6.07, 6.45) is 2.80. The Morgan fingerprint density at radius 1 is 1.24 bits per heavy atom. The number of imidazole rings is 1. The van der Waals surface area contributed by atoms with Crippen LogP contribution in [0.15, 0.2) is 42.9 Å². The maximum absolute atomic E-state index is 12.3. The largest absolute Gasteiger partial charge is 0.480 e. The van der Waals surface area contributed by atoms with Gasteiger partial charge in [0.05, 0.1) is 5.69 Å². The van der Waals surface area contributed by atoms with Gasteiger partial charge in [-0.05, 0) is 12.1 Å². The van der Waals surface area contributed by atoms with Crippen LogP contribution in [0.2, 0.25) is 0 Å². The molecule has 0 radical (unpaired) electrons. The number of carbonyl (C=O) groups excluding carboxylic acids is 2. The van der Waals surface area contributed by atoms with Gasteiger partial charge in [-0.1, -0.05) is 18.2 Å². The fourth-order valence-corrected chi connectivity index (χ4v) is 2.12. The quantitative estimate of drug-likeness (QED) is 0.535. The Balaban J connectivity index is 0.00000312. The Bertz CT molecular complexity index is 733. The van der Waals surface area contributed by atoms with Gasteiger partial charge < -0.3 is 16.2 Å². The van der Waals surface area contributed by atoms with Crippen molar-refractivity contribution in [1.29, 1.82) is 0 Å². The molecule has 8 nitrogen and oxygen atoms in total. The Labute approximate surface area is 155 Å². The third kappa shape index (κ3) is 5.83. The fraction of sp³-hybridized carbons (Fsp3) is 0.250. The molecule has 2 rings (SSSR count). The molecule has 4 N–H and O–H groups in total. The molecule has 1 amide bonds. The van der Waals surface area contributed by atoms with Crippen LogP contribution in [0.4, 0.5) is 0 Å². The van der Waals surface area contributed by atoms with E-state index >= 15 is 0 Å². The number of aromatic nitrogens is 2. The first-order valence-corrected chi connectivity index (χ1v) is 7.36. The number of carbonyl (C=O) groups is 3. The molecule has 1 heterocycles. The summed E-state index contributed by atoms with van der Waals surface area (Å²) >= 11 is 0. The minimum Gasteiger partial charge on any atom is -0.480 e. The van der Waals surface area contributed by atoms with Crippen LogP contribution in [0.3, 0.4) is 0 Å². The molecule has 0 saturated heterocycles. The molecule has 0 saturated carbocycles. The first kappa shape index (κ1) is 20.6. The molecule has 0 fully saturated rings. The van der Waals surface area contributed by atoms with E-state index in [0.29, 0.717) is 11.3 Å². The molecule has 0 aliphatic carbocycles. The number of amides is 1. The van der Waals surface area contributed by atoms with Gasteiger partial charge in [0.25, 0.3) is 5.91 Å². The van der Waals surface area contributed by atoms with Gasteiger partial charge >= 0.3 is 5.97 Å². The molecular formula is C16H21AlN4O4. The van der Waals surface area contributed by atoms with Crippen molar-refractivity contribution < 1.29 is 19.5 Å². The molecule has 1 aromatic carbocycles. The lowest BCUT2D eigenvalue weighted by molar-refractivity contribution is -0.141. The van der Waals surface area contributed by atoms with E-state index in [4.69, 9.17) is 5.73 Å². The molecule has 0 aliphatic rings. The maximum Gasteiger partial charge on any atom is 0.326 e. The van der Waals surface area contributed by atoms with Crippen molar-refractivity contribution in [2.45, 2.75) is 18.9 Å². The predicted octanol–water partition coefficient (Wildman–Crippen LogP) is -1.15. The Morgan fingerprint density at radius 3 is 2.52 bits per heavy atom. The van der Waals surface area contributed by atoms with Gasteiger partial charge in [-0.25, -0.2) is 9.78 Å². The first-order valence-electron chi connectivity index (χ1n) is 7.36. The number of rotatable bonds is 7. The van der Waals surface area contributed by atoms with Crippen LogP contribution in [0.5, 0.6) is 0 Å². The second-order valence-corrected chi connectivity index (χ2v) is 5.14. The van der Waals surface area contributed by atoms with Crippen LogP contribution >= 0.6 is 0 Å². The minimum atomic E-state index is -1.18. The van der Waals surface area contributed by atoms with E-state index in [0.717, 1.165) is 0 Å². The SMILES string of the molecule is NCCC(=O)NC(Cc1cn(C(=O)c2ccccc2)cn1)C(=O)O.[AlH3]. The zero-order valence-corrected chi connectivity index (χ0v) is 12.9. The molecule has 25 heavy (non-hydrogen) atoms. The molecule has 9 heteroatoms. The van der Waals surface area contributed by atoms with E-state index in [9.17, 15) is 19.5 Å². The summed E-state index contributed by atoms with van der Waals surface area (Å²) in [4.78, 5) is 39.1. The van der Waals surface area contributed by atoms with Gasteiger partial charge in [-0.3, -0.25) is 14.2 Å². The second kappa shape index (κ2) is 9.74. The highest BCUT2D eigenvalue weighted by atomic mass is 27.0. The van der Waals surface area contributed by atoms with Crippen LogP contribution in [0.25, 0.3) is 0 Å². The van der Waals surface area contributed by atoms with E-state index in [-0.39, 0.29) is 42.7 Å². The van der Waals surface area contributed by atoms with Crippen molar-refractivity contribution in [3.8, 4) is 0 Å². The maximum atomic E-state index is 12.3. The number of benzene rings is 1. The van der Waals surface area contributed by atoms with E-state index < -0.39 is 17.9 Å². The van der Waals surface area contributed by atoms with Crippen LogP contribution < -0.4 is 11.1 Å². The average Bonchev–Trinajstić information content (AvgIpc) is 3.03. The topological polar surface area (TPSA) is 127 Å². The number of aliphatic carboxylic acids is 1. The summed E-state index contributed by atoms with van der Waals surface area (Å²) in [7, 11) is 0. The molecule has 0 bridgehead atoms. The molecular weight excluding hydrogens is 339 g/mol. The first-order chi connectivity index (χ1) is 11.5. The summed E-state index contributed by atoms with van der Waals surface area (Å²) in [6, 6.07) is 7.53. The van der Waals surface area contributed by atoms with Crippen LogP contribution in [0, 0.1) is 0 Å². The van der Waals surface area contributed by atoms with Crippen LogP contribution in [0.1, 0.15) is 22.5 Å². The number of carboxylic acid groups (broad SMARTS) is 1. The molecule has 2 aromatic rings. The Hall–Kier alpha value is -2.47. The molecule has 0 aliphatic heterocycles.